The number of nitrogens with zero attached hydrogens (tertiary/aromatic N) is 2. The van der Waals surface area contributed by atoms with Crippen LogP contribution < -0.4 is 0 Å². The third kappa shape index (κ3) is 1.92. The third-order valence-corrected chi connectivity index (χ3v) is 3.93. The second-order valence-electron chi connectivity index (χ2n) is 4.52. The lowest BCUT2D eigenvalue weighted by Gasteiger charge is -2.03. The monoisotopic (exact) mass is 272 g/mol. The van der Waals surface area contributed by atoms with Crippen molar-refractivity contribution < 1.29 is 9.90 Å². The average Bonchev–Trinajstić information content (AvgIpc) is 2.87. The van der Waals surface area contributed by atoms with Gasteiger partial charge < -0.3 is 5.11 Å². The van der Waals surface area contributed by atoms with Crippen molar-refractivity contribution in [3.8, 4) is 11.3 Å². The fraction of sp³-hybridized carbons (Fsp3) is 0.143. The number of aryl methyl sites for hydroxylation is 2. The van der Waals surface area contributed by atoms with Crippen molar-refractivity contribution in [2.75, 3.05) is 0 Å². The molecule has 2 aromatic heterocycles. The number of rotatable bonds is 2. The molecule has 2 heterocycles. The highest BCUT2D eigenvalue weighted by Crippen LogP contribution is 2.26. The summed E-state index contributed by atoms with van der Waals surface area (Å²) in [6.07, 6.45) is 1.78. The molecular formula is C14H12N2O2S. The summed E-state index contributed by atoms with van der Waals surface area (Å²) in [7, 11) is 0. The van der Waals surface area contributed by atoms with Gasteiger partial charge in [-0.2, -0.15) is 0 Å². The first-order valence-electron chi connectivity index (χ1n) is 5.84. The minimum absolute atomic E-state index is 0.253. The maximum atomic E-state index is 11.1. The van der Waals surface area contributed by atoms with Crippen LogP contribution in [0.5, 0.6) is 0 Å². The number of carboxylic acid groups (broad SMARTS) is 1. The highest BCUT2D eigenvalue weighted by Gasteiger charge is 2.14. The molecule has 0 saturated carbocycles. The van der Waals surface area contributed by atoms with Crippen LogP contribution in [0.4, 0.5) is 0 Å². The Morgan fingerprint density at radius 3 is 2.84 bits per heavy atom. The molecule has 0 atom stereocenters. The molecule has 5 heteroatoms. The number of carbonyl (C=O) groups is 1. The summed E-state index contributed by atoms with van der Waals surface area (Å²) >= 11 is 1.34. The van der Waals surface area contributed by atoms with E-state index in [0.717, 1.165) is 16.8 Å². The van der Waals surface area contributed by atoms with Gasteiger partial charge in [0, 0.05) is 17.1 Å². The minimum atomic E-state index is -0.934. The van der Waals surface area contributed by atoms with Crippen LogP contribution in [0.15, 0.2) is 29.8 Å². The Kier molecular flexibility index (Phi) is 2.64. The van der Waals surface area contributed by atoms with E-state index in [2.05, 4.69) is 11.1 Å². The van der Waals surface area contributed by atoms with Crippen molar-refractivity contribution in [1.82, 2.24) is 9.38 Å². The second-order valence-corrected chi connectivity index (χ2v) is 5.36. The molecule has 0 radical (unpaired) electrons. The number of hydrogen-bond acceptors (Lipinski definition) is 3. The van der Waals surface area contributed by atoms with E-state index in [1.165, 1.54) is 16.9 Å². The van der Waals surface area contributed by atoms with Gasteiger partial charge in [0.15, 0.2) is 4.96 Å². The predicted molar refractivity (Wildman–Crippen MR) is 74.9 cm³/mol. The van der Waals surface area contributed by atoms with Gasteiger partial charge in [0.2, 0.25) is 0 Å². The van der Waals surface area contributed by atoms with Gasteiger partial charge in [-0.3, -0.25) is 4.40 Å². The fourth-order valence-corrected chi connectivity index (χ4v) is 3.02. The zero-order valence-corrected chi connectivity index (χ0v) is 11.4. The predicted octanol–water partition coefficient (Wildman–Crippen LogP) is 3.38. The highest BCUT2D eigenvalue weighted by atomic mass is 32.1. The third-order valence-electron chi connectivity index (χ3n) is 3.09. The molecule has 0 unspecified atom stereocenters. The van der Waals surface area contributed by atoms with Crippen molar-refractivity contribution in [2.24, 2.45) is 0 Å². The maximum absolute atomic E-state index is 11.1. The summed E-state index contributed by atoms with van der Waals surface area (Å²) < 4.78 is 1.63. The first-order valence-corrected chi connectivity index (χ1v) is 6.72. The first kappa shape index (κ1) is 11.9. The van der Waals surface area contributed by atoms with Gasteiger partial charge in [-0.05, 0) is 19.4 Å². The van der Waals surface area contributed by atoms with E-state index in [0.29, 0.717) is 4.96 Å². The minimum Gasteiger partial charge on any atom is -0.477 e. The van der Waals surface area contributed by atoms with Crippen molar-refractivity contribution in [1.29, 1.82) is 0 Å². The van der Waals surface area contributed by atoms with Gasteiger partial charge in [0.1, 0.15) is 5.69 Å². The molecule has 0 fully saturated rings. The Balaban J connectivity index is 2.18. The van der Waals surface area contributed by atoms with Crippen molar-refractivity contribution in [2.45, 2.75) is 13.8 Å². The van der Waals surface area contributed by atoms with Crippen LogP contribution in [-0.2, 0) is 0 Å². The molecule has 0 aliphatic heterocycles. The standard InChI is InChI=1S/C14H12N2O2S/c1-8-3-4-10(9(2)5-8)11-6-16-12(13(17)18)7-19-14(16)15-11/h3-7H,1-2H3,(H,17,18). The summed E-state index contributed by atoms with van der Waals surface area (Å²) in [5, 5.41) is 10.7. The lowest BCUT2D eigenvalue weighted by molar-refractivity contribution is 0.0689. The van der Waals surface area contributed by atoms with Crippen LogP contribution in [0.1, 0.15) is 21.6 Å². The van der Waals surface area contributed by atoms with Crippen LogP contribution in [0, 0.1) is 13.8 Å². The first-order chi connectivity index (χ1) is 9.06. The van der Waals surface area contributed by atoms with E-state index in [1.807, 2.05) is 26.0 Å². The highest BCUT2D eigenvalue weighted by molar-refractivity contribution is 7.15. The van der Waals surface area contributed by atoms with E-state index in [-0.39, 0.29) is 5.69 Å². The van der Waals surface area contributed by atoms with Gasteiger partial charge in [-0.1, -0.05) is 23.8 Å². The number of imidazole rings is 1. The molecule has 0 amide bonds. The summed E-state index contributed by atoms with van der Waals surface area (Å²) in [5.74, 6) is -0.934. The maximum Gasteiger partial charge on any atom is 0.353 e. The Labute approximate surface area is 114 Å². The van der Waals surface area contributed by atoms with Crippen LogP contribution in [0.2, 0.25) is 0 Å². The van der Waals surface area contributed by atoms with Crippen LogP contribution in [-0.4, -0.2) is 20.5 Å². The summed E-state index contributed by atoms with van der Waals surface area (Å²) in [5.41, 5.74) is 4.45. The number of fused-ring (bicyclic) bond motifs is 1. The molecule has 0 bridgehead atoms. The Bertz CT molecular complexity index is 786. The number of thiazole rings is 1. The van der Waals surface area contributed by atoms with Crippen LogP contribution >= 0.6 is 11.3 Å². The van der Waals surface area contributed by atoms with Crippen LogP contribution in [0.25, 0.3) is 16.2 Å². The van der Waals surface area contributed by atoms with Crippen molar-refractivity contribution in [3.63, 3.8) is 0 Å². The van der Waals surface area contributed by atoms with Gasteiger partial charge in [0.05, 0.1) is 5.69 Å². The number of aromatic nitrogens is 2. The van der Waals surface area contributed by atoms with E-state index in [9.17, 15) is 4.79 Å². The average molecular weight is 272 g/mol. The molecule has 19 heavy (non-hydrogen) atoms. The molecule has 1 N–H and O–H groups in total. The van der Waals surface area contributed by atoms with Gasteiger partial charge in [-0.15, -0.1) is 11.3 Å². The number of carboxylic acids is 1. The van der Waals surface area contributed by atoms with Crippen molar-refractivity contribution in [3.05, 3.63) is 46.6 Å². The molecule has 4 nitrogen and oxygen atoms in total. The summed E-state index contributed by atoms with van der Waals surface area (Å²) in [6, 6.07) is 6.16. The van der Waals surface area contributed by atoms with Crippen LogP contribution in [0.3, 0.4) is 0 Å². The smallest absolute Gasteiger partial charge is 0.353 e. The molecule has 1 aromatic carbocycles. The zero-order valence-electron chi connectivity index (χ0n) is 10.5. The van der Waals surface area contributed by atoms with Gasteiger partial charge in [-0.25, -0.2) is 9.78 Å². The van der Waals surface area contributed by atoms with E-state index < -0.39 is 5.97 Å². The molecule has 0 aliphatic carbocycles. The summed E-state index contributed by atoms with van der Waals surface area (Å²) in [6.45, 7) is 4.08. The molecule has 3 rings (SSSR count). The van der Waals surface area contributed by atoms with Crippen molar-refractivity contribution >= 4 is 22.3 Å². The molecular weight excluding hydrogens is 260 g/mol. The van der Waals surface area contributed by atoms with E-state index >= 15 is 0 Å². The zero-order chi connectivity index (χ0) is 13.6. The lowest BCUT2D eigenvalue weighted by atomic mass is 10.0. The number of benzene rings is 1. The Morgan fingerprint density at radius 1 is 1.37 bits per heavy atom. The molecule has 0 saturated heterocycles. The molecule has 0 aliphatic rings. The normalized spacial score (nSPS) is 11.1. The number of aromatic carboxylic acids is 1. The Hall–Kier alpha value is -2.14. The van der Waals surface area contributed by atoms with E-state index in [4.69, 9.17) is 5.11 Å². The van der Waals surface area contributed by atoms with Gasteiger partial charge >= 0.3 is 5.97 Å². The second kappa shape index (κ2) is 4.20. The molecule has 3 aromatic rings. The quantitative estimate of drug-likeness (QED) is 0.778. The topological polar surface area (TPSA) is 54.6 Å². The fourth-order valence-electron chi connectivity index (χ4n) is 2.17. The van der Waals surface area contributed by atoms with Gasteiger partial charge in [0.25, 0.3) is 0 Å². The summed E-state index contributed by atoms with van der Waals surface area (Å²) in [4.78, 5) is 16.3. The molecule has 96 valence electrons. The Morgan fingerprint density at radius 2 is 2.16 bits per heavy atom. The largest absolute Gasteiger partial charge is 0.477 e. The SMILES string of the molecule is Cc1ccc(-c2cn3c(C(=O)O)csc3n2)c(C)c1. The lowest BCUT2D eigenvalue weighted by Crippen LogP contribution is -1.99. The van der Waals surface area contributed by atoms with E-state index in [1.54, 1.807) is 16.0 Å². The number of hydrogen-bond donors (Lipinski definition) is 1. The molecule has 0 spiro atoms.